The zero-order valence-corrected chi connectivity index (χ0v) is 18.0. The predicted molar refractivity (Wildman–Crippen MR) is 113 cm³/mol. The number of carbonyl (C=O) groups excluding carboxylic acids is 1. The average molecular weight is 462 g/mol. The van der Waals surface area contributed by atoms with Crippen molar-refractivity contribution in [3.8, 4) is 5.75 Å². The van der Waals surface area contributed by atoms with Gasteiger partial charge in [0, 0.05) is 17.6 Å². The summed E-state index contributed by atoms with van der Waals surface area (Å²) in [5.41, 5.74) is 0.184. The Balaban J connectivity index is 1.86. The van der Waals surface area contributed by atoms with Crippen LogP contribution in [0.2, 0.25) is 0 Å². The molecular weight excluding hydrogens is 442 g/mol. The summed E-state index contributed by atoms with van der Waals surface area (Å²) in [6.45, 7) is 4.27. The van der Waals surface area contributed by atoms with Gasteiger partial charge in [-0.1, -0.05) is 48.0 Å². The van der Waals surface area contributed by atoms with E-state index in [-0.39, 0.29) is 10.5 Å². The summed E-state index contributed by atoms with van der Waals surface area (Å²) in [4.78, 5) is 12.6. The van der Waals surface area contributed by atoms with E-state index in [2.05, 4.69) is 15.9 Å². The van der Waals surface area contributed by atoms with Crippen LogP contribution < -0.4 is 4.74 Å². The molecule has 0 aliphatic rings. The van der Waals surface area contributed by atoms with E-state index in [0.717, 1.165) is 15.2 Å². The maximum atomic E-state index is 12.7. The molecule has 0 saturated heterocycles. The van der Waals surface area contributed by atoms with Gasteiger partial charge in [0.25, 0.3) is 0 Å². The molecule has 0 aromatic heterocycles. The van der Waals surface area contributed by atoms with Gasteiger partial charge in [0.15, 0.2) is 0 Å². The van der Waals surface area contributed by atoms with E-state index in [1.54, 1.807) is 38.1 Å². The van der Waals surface area contributed by atoms with Crippen molar-refractivity contribution < 1.29 is 17.9 Å². The monoisotopic (exact) mass is 461 g/mol. The summed E-state index contributed by atoms with van der Waals surface area (Å²) in [5.74, 6) is -0.204. The summed E-state index contributed by atoms with van der Waals surface area (Å²) in [7, 11) is -3.64. The Labute approximate surface area is 173 Å². The van der Waals surface area contributed by atoms with Gasteiger partial charge in [0.1, 0.15) is 5.75 Å². The second-order valence-electron chi connectivity index (χ2n) is 6.16. The number of esters is 1. The molecule has 0 N–H and O–H groups in total. The third-order valence-corrected chi connectivity index (χ3v) is 6.94. The third-order valence-electron chi connectivity index (χ3n) is 4.40. The van der Waals surface area contributed by atoms with Crippen molar-refractivity contribution >= 4 is 42.7 Å². The first-order valence-corrected chi connectivity index (χ1v) is 11.1. The number of hydrogen-bond donors (Lipinski definition) is 0. The van der Waals surface area contributed by atoms with Crippen molar-refractivity contribution in [3.05, 3.63) is 70.7 Å². The minimum absolute atomic E-state index is 0.0778. The molecule has 3 rings (SSSR count). The second-order valence-corrected chi connectivity index (χ2v) is 9.01. The average Bonchev–Trinajstić information content (AvgIpc) is 2.69. The lowest BCUT2D eigenvalue weighted by Crippen LogP contribution is -2.30. The molecule has 0 radical (unpaired) electrons. The highest BCUT2D eigenvalue weighted by molar-refractivity contribution is 9.10. The van der Waals surface area contributed by atoms with Crippen molar-refractivity contribution in [2.24, 2.45) is 0 Å². The Bertz CT molecular complexity index is 1120. The van der Waals surface area contributed by atoms with Crippen LogP contribution in [0.3, 0.4) is 0 Å². The molecular formula is C21H20BrNO4S. The summed E-state index contributed by atoms with van der Waals surface area (Å²) in [6.07, 6.45) is 0. The topological polar surface area (TPSA) is 63.7 Å². The highest BCUT2D eigenvalue weighted by atomic mass is 79.9. The second kappa shape index (κ2) is 8.43. The van der Waals surface area contributed by atoms with Crippen LogP contribution in [0.1, 0.15) is 24.2 Å². The molecule has 28 heavy (non-hydrogen) atoms. The normalized spacial score (nSPS) is 11.7. The molecule has 3 aromatic rings. The molecule has 0 aliphatic carbocycles. The Morgan fingerprint density at radius 1 is 0.964 bits per heavy atom. The fourth-order valence-corrected chi connectivity index (χ4v) is 4.80. The molecule has 0 amide bonds. The van der Waals surface area contributed by atoms with E-state index in [1.165, 1.54) is 16.4 Å². The van der Waals surface area contributed by atoms with Crippen LogP contribution in [-0.4, -0.2) is 31.8 Å². The van der Waals surface area contributed by atoms with Crippen LogP contribution in [0.15, 0.2) is 70.0 Å². The Morgan fingerprint density at radius 2 is 1.64 bits per heavy atom. The molecule has 0 atom stereocenters. The largest absolute Gasteiger partial charge is 0.423 e. The predicted octanol–water partition coefficient (Wildman–Crippen LogP) is 4.85. The summed E-state index contributed by atoms with van der Waals surface area (Å²) in [5, 5.41) is 1.95. The first-order valence-electron chi connectivity index (χ1n) is 8.87. The first kappa shape index (κ1) is 20.5. The molecule has 146 valence electrons. The molecule has 0 heterocycles. The maximum Gasteiger partial charge on any atom is 0.343 e. The van der Waals surface area contributed by atoms with E-state index in [4.69, 9.17) is 4.74 Å². The Hall–Kier alpha value is -2.22. The fraction of sp³-hybridized carbons (Fsp3) is 0.190. The number of fused-ring (bicyclic) bond motifs is 1. The Kier molecular flexibility index (Phi) is 6.17. The molecule has 5 nitrogen and oxygen atoms in total. The molecule has 0 bridgehead atoms. The lowest BCUT2D eigenvalue weighted by Gasteiger charge is -2.18. The lowest BCUT2D eigenvalue weighted by atomic mass is 10.1. The van der Waals surface area contributed by atoms with Crippen LogP contribution in [0.25, 0.3) is 10.8 Å². The highest BCUT2D eigenvalue weighted by Crippen LogP contribution is 2.25. The van der Waals surface area contributed by atoms with Gasteiger partial charge in [-0.05, 0) is 53.2 Å². The number of nitrogens with zero attached hydrogens (tertiary/aromatic N) is 1. The minimum Gasteiger partial charge on any atom is -0.423 e. The zero-order valence-electron chi connectivity index (χ0n) is 15.6. The minimum atomic E-state index is -3.64. The van der Waals surface area contributed by atoms with Crippen LogP contribution in [0, 0.1) is 0 Å². The van der Waals surface area contributed by atoms with E-state index >= 15 is 0 Å². The first-order chi connectivity index (χ1) is 13.3. The van der Waals surface area contributed by atoms with Crippen LogP contribution in [-0.2, 0) is 10.0 Å². The number of ether oxygens (including phenoxy) is 1. The zero-order chi connectivity index (χ0) is 20.3. The van der Waals surface area contributed by atoms with Crippen LogP contribution >= 0.6 is 15.9 Å². The van der Waals surface area contributed by atoms with Gasteiger partial charge in [-0.15, -0.1) is 0 Å². The summed E-state index contributed by atoms with van der Waals surface area (Å²) < 4.78 is 33.1. The molecule has 0 unspecified atom stereocenters. The number of halogens is 1. The van der Waals surface area contributed by atoms with Gasteiger partial charge in [0.2, 0.25) is 10.0 Å². The van der Waals surface area contributed by atoms with E-state index in [9.17, 15) is 13.2 Å². The van der Waals surface area contributed by atoms with Gasteiger partial charge in [-0.25, -0.2) is 13.2 Å². The lowest BCUT2D eigenvalue weighted by molar-refractivity contribution is 0.0734. The number of rotatable bonds is 6. The number of benzene rings is 3. The van der Waals surface area contributed by atoms with Gasteiger partial charge in [-0.3, -0.25) is 0 Å². The summed E-state index contributed by atoms with van der Waals surface area (Å²) >= 11 is 3.43. The van der Waals surface area contributed by atoms with Crippen molar-refractivity contribution in [1.29, 1.82) is 0 Å². The SMILES string of the molecule is CCN(CC)S(=O)(=O)c1cccc(C(=O)Oc2ccc3cc(Br)ccc3c2)c1. The van der Waals surface area contributed by atoms with Crippen LogP contribution in [0.4, 0.5) is 0 Å². The van der Waals surface area contributed by atoms with Crippen molar-refractivity contribution in [2.75, 3.05) is 13.1 Å². The maximum absolute atomic E-state index is 12.7. The van der Waals surface area contributed by atoms with E-state index < -0.39 is 16.0 Å². The van der Waals surface area contributed by atoms with Gasteiger partial charge >= 0.3 is 5.97 Å². The highest BCUT2D eigenvalue weighted by Gasteiger charge is 2.23. The van der Waals surface area contributed by atoms with E-state index in [1.807, 2.05) is 24.3 Å². The van der Waals surface area contributed by atoms with Crippen molar-refractivity contribution in [1.82, 2.24) is 4.31 Å². The van der Waals surface area contributed by atoms with Gasteiger partial charge < -0.3 is 4.74 Å². The van der Waals surface area contributed by atoms with Crippen molar-refractivity contribution in [2.45, 2.75) is 18.7 Å². The van der Waals surface area contributed by atoms with E-state index in [0.29, 0.717) is 18.8 Å². The quantitative estimate of drug-likeness (QED) is 0.388. The number of sulfonamides is 1. The number of carbonyl (C=O) groups is 1. The molecule has 0 aliphatic heterocycles. The molecule has 7 heteroatoms. The van der Waals surface area contributed by atoms with Gasteiger partial charge in [0.05, 0.1) is 10.5 Å². The molecule has 0 saturated carbocycles. The van der Waals surface area contributed by atoms with Crippen LogP contribution in [0.5, 0.6) is 5.75 Å². The molecule has 0 spiro atoms. The van der Waals surface area contributed by atoms with Gasteiger partial charge in [-0.2, -0.15) is 4.31 Å². The smallest absolute Gasteiger partial charge is 0.343 e. The van der Waals surface area contributed by atoms with Crippen molar-refractivity contribution in [3.63, 3.8) is 0 Å². The third kappa shape index (κ3) is 4.27. The summed E-state index contributed by atoms with van der Waals surface area (Å²) in [6, 6.07) is 17.1. The fourth-order valence-electron chi connectivity index (χ4n) is 2.92. The molecule has 0 fully saturated rings. The standard InChI is InChI=1S/C21H20BrNO4S/c1-3-23(4-2)28(25,26)20-7-5-6-17(14-20)21(24)27-19-11-9-15-12-18(22)10-8-16(15)13-19/h5-14H,3-4H2,1-2H3. The number of hydrogen-bond acceptors (Lipinski definition) is 4. The molecule has 3 aromatic carbocycles. The Morgan fingerprint density at radius 3 is 2.36 bits per heavy atom.